The van der Waals surface area contributed by atoms with E-state index in [0.717, 1.165) is 41.6 Å². The molecular weight excluding hydrogens is 538 g/mol. The molecule has 1 saturated heterocycles. The third-order valence-corrected chi connectivity index (χ3v) is 8.06. The molecule has 0 aliphatic carbocycles. The molecule has 0 spiro atoms. The zero-order valence-electron chi connectivity index (χ0n) is 24.9. The number of likely N-dealkylation sites (tertiary alicyclic amines) is 1. The Kier molecular flexibility index (Phi) is 10.0. The lowest BCUT2D eigenvalue weighted by molar-refractivity contribution is 0.0735. The molecule has 5 rings (SSSR count). The molecule has 3 aromatic carbocycles. The fourth-order valence-corrected chi connectivity index (χ4v) is 5.82. The number of rotatable bonds is 12. The van der Waals surface area contributed by atoms with Crippen LogP contribution in [0.25, 0.3) is 0 Å². The lowest BCUT2D eigenvalue weighted by Crippen LogP contribution is -2.48. The predicted molar refractivity (Wildman–Crippen MR) is 168 cm³/mol. The molecule has 8 nitrogen and oxygen atoms in total. The van der Waals surface area contributed by atoms with Crippen LogP contribution in [0.15, 0.2) is 91.3 Å². The average molecular weight is 580 g/mol. The Morgan fingerprint density at radius 1 is 1.00 bits per heavy atom. The molecule has 0 radical (unpaired) electrons. The lowest BCUT2D eigenvalue weighted by Gasteiger charge is -2.26. The number of nitrogens with zero attached hydrogens (tertiary/aromatic N) is 3. The molecule has 43 heavy (non-hydrogen) atoms. The maximum absolute atomic E-state index is 13.7. The summed E-state index contributed by atoms with van der Waals surface area (Å²) in [6, 6.07) is 24.7. The van der Waals surface area contributed by atoms with E-state index < -0.39 is 12.1 Å². The number of aliphatic hydroxyl groups is 1. The molecule has 1 aromatic heterocycles. The maximum atomic E-state index is 13.7. The molecule has 1 aliphatic rings. The summed E-state index contributed by atoms with van der Waals surface area (Å²) in [6.07, 6.45) is 5.28. The Morgan fingerprint density at radius 2 is 1.72 bits per heavy atom. The van der Waals surface area contributed by atoms with E-state index in [1.807, 2.05) is 90.4 Å². The molecule has 8 heteroatoms. The van der Waals surface area contributed by atoms with Crippen molar-refractivity contribution in [3.05, 3.63) is 125 Å². The summed E-state index contributed by atoms with van der Waals surface area (Å²) in [4.78, 5) is 29.3. The number of aliphatic hydroxyl groups excluding tert-OH is 1. The quantitative estimate of drug-likeness (QED) is 0.226. The molecule has 3 atom stereocenters. The average Bonchev–Trinajstić information content (AvgIpc) is 3.71. The number of amides is 2. The van der Waals surface area contributed by atoms with E-state index in [-0.39, 0.29) is 17.9 Å². The van der Waals surface area contributed by atoms with Gasteiger partial charge in [0, 0.05) is 49.1 Å². The molecule has 1 aliphatic heterocycles. The third-order valence-electron chi connectivity index (χ3n) is 8.06. The molecule has 0 bridgehead atoms. The Balaban J connectivity index is 1.30. The minimum Gasteiger partial charge on any atom is -0.390 e. The summed E-state index contributed by atoms with van der Waals surface area (Å²) in [5.41, 5.74) is 4.91. The number of aromatic nitrogens is 2. The van der Waals surface area contributed by atoms with E-state index in [2.05, 4.69) is 27.9 Å². The molecular formula is C35H41N5O3. The van der Waals surface area contributed by atoms with E-state index >= 15 is 0 Å². The molecule has 4 aromatic rings. The normalized spacial score (nSPS) is 16.2. The third kappa shape index (κ3) is 7.77. The van der Waals surface area contributed by atoms with Crippen LogP contribution in [0.3, 0.4) is 0 Å². The molecule has 3 N–H and O–H groups in total. The van der Waals surface area contributed by atoms with Crippen molar-refractivity contribution in [2.75, 3.05) is 13.1 Å². The van der Waals surface area contributed by atoms with Crippen LogP contribution < -0.4 is 10.6 Å². The Labute approximate surface area is 253 Å². The van der Waals surface area contributed by atoms with E-state index in [1.165, 1.54) is 0 Å². The molecule has 1 unspecified atom stereocenters. The molecule has 1 fully saturated rings. The first-order chi connectivity index (χ1) is 20.9. The minimum atomic E-state index is -0.840. The van der Waals surface area contributed by atoms with Crippen molar-refractivity contribution in [3.8, 4) is 0 Å². The second-order valence-electron chi connectivity index (χ2n) is 11.3. The summed E-state index contributed by atoms with van der Waals surface area (Å²) in [5, 5.41) is 21.9. The SMILES string of the molecule is CCn1cc(CNC[C@@H](O)[C@H](Cc2ccccc2)NC(=O)c2cc(C)cc(C(=O)N3CCCC3c3ccccc3)c2)cn1. The van der Waals surface area contributed by atoms with Gasteiger partial charge in [0.2, 0.25) is 0 Å². The number of aryl methyl sites for hydroxylation is 2. The molecule has 2 heterocycles. The highest BCUT2D eigenvalue weighted by Gasteiger charge is 2.31. The van der Waals surface area contributed by atoms with E-state index in [0.29, 0.717) is 37.2 Å². The van der Waals surface area contributed by atoms with Crippen molar-refractivity contribution in [3.63, 3.8) is 0 Å². The van der Waals surface area contributed by atoms with E-state index in [1.54, 1.807) is 12.1 Å². The lowest BCUT2D eigenvalue weighted by atomic mass is 9.99. The van der Waals surface area contributed by atoms with Gasteiger partial charge in [-0.1, -0.05) is 60.7 Å². The van der Waals surface area contributed by atoms with Crippen molar-refractivity contribution in [2.24, 2.45) is 0 Å². The smallest absolute Gasteiger partial charge is 0.254 e. The van der Waals surface area contributed by atoms with Gasteiger partial charge in [0.1, 0.15) is 0 Å². The number of carbonyl (C=O) groups excluding carboxylic acids is 2. The monoisotopic (exact) mass is 579 g/mol. The largest absolute Gasteiger partial charge is 0.390 e. The van der Waals surface area contributed by atoms with Crippen LogP contribution in [0.1, 0.15) is 68.8 Å². The van der Waals surface area contributed by atoms with Crippen LogP contribution in [-0.4, -0.2) is 56.8 Å². The Bertz CT molecular complexity index is 1500. The van der Waals surface area contributed by atoms with Crippen LogP contribution >= 0.6 is 0 Å². The molecule has 0 saturated carbocycles. The number of benzene rings is 3. The first-order valence-corrected chi connectivity index (χ1v) is 15.1. The van der Waals surface area contributed by atoms with Gasteiger partial charge in [-0.15, -0.1) is 0 Å². The van der Waals surface area contributed by atoms with Gasteiger partial charge in [0.25, 0.3) is 11.8 Å². The van der Waals surface area contributed by atoms with Gasteiger partial charge in [0.15, 0.2) is 0 Å². The Morgan fingerprint density at radius 3 is 2.44 bits per heavy atom. The van der Waals surface area contributed by atoms with Gasteiger partial charge in [-0.05, 0) is 68.0 Å². The standard InChI is InChI=1S/C35H41N5O3/c1-3-39-24-27(22-37-39)21-36-23-33(41)31(19-26-11-6-4-7-12-26)38-34(42)29-17-25(2)18-30(20-29)35(43)40-16-10-15-32(40)28-13-8-5-9-14-28/h4-9,11-14,17-18,20,22,24,31-33,36,41H,3,10,15-16,19,21,23H2,1-2H3,(H,38,42)/t31-,32?,33+/m0/s1. The van der Waals surface area contributed by atoms with Crippen molar-refractivity contribution in [1.82, 2.24) is 25.3 Å². The number of nitrogens with one attached hydrogen (secondary N) is 2. The summed E-state index contributed by atoms with van der Waals surface area (Å²) in [6.45, 7) is 6.27. The van der Waals surface area contributed by atoms with Crippen LogP contribution in [0.4, 0.5) is 0 Å². The summed E-state index contributed by atoms with van der Waals surface area (Å²) < 4.78 is 1.86. The van der Waals surface area contributed by atoms with E-state index in [9.17, 15) is 14.7 Å². The van der Waals surface area contributed by atoms with Crippen LogP contribution in [0.5, 0.6) is 0 Å². The highest BCUT2D eigenvalue weighted by molar-refractivity contribution is 6.00. The fraction of sp³-hybridized carbons (Fsp3) is 0.343. The maximum Gasteiger partial charge on any atom is 0.254 e. The van der Waals surface area contributed by atoms with Crippen molar-refractivity contribution in [1.29, 1.82) is 0 Å². The predicted octanol–water partition coefficient (Wildman–Crippen LogP) is 4.68. The van der Waals surface area contributed by atoms with Gasteiger partial charge in [0.05, 0.1) is 24.4 Å². The number of hydrogen-bond donors (Lipinski definition) is 3. The highest BCUT2D eigenvalue weighted by atomic mass is 16.3. The second kappa shape index (κ2) is 14.3. The minimum absolute atomic E-state index is 0.0284. The molecule has 224 valence electrons. The zero-order chi connectivity index (χ0) is 30.2. The van der Waals surface area contributed by atoms with Gasteiger partial charge in [-0.3, -0.25) is 14.3 Å². The molecule has 2 amide bonds. The van der Waals surface area contributed by atoms with Crippen LogP contribution in [-0.2, 0) is 19.5 Å². The first-order valence-electron chi connectivity index (χ1n) is 15.1. The van der Waals surface area contributed by atoms with Gasteiger partial charge in [-0.25, -0.2) is 0 Å². The van der Waals surface area contributed by atoms with Crippen molar-refractivity contribution in [2.45, 2.75) is 64.4 Å². The number of carbonyl (C=O) groups is 2. The van der Waals surface area contributed by atoms with Crippen LogP contribution in [0, 0.1) is 6.92 Å². The summed E-state index contributed by atoms with van der Waals surface area (Å²) >= 11 is 0. The van der Waals surface area contributed by atoms with Gasteiger partial charge < -0.3 is 20.6 Å². The van der Waals surface area contributed by atoms with Gasteiger partial charge in [-0.2, -0.15) is 5.10 Å². The van der Waals surface area contributed by atoms with Crippen molar-refractivity contribution >= 4 is 11.8 Å². The summed E-state index contributed by atoms with van der Waals surface area (Å²) in [7, 11) is 0. The first kappa shape index (κ1) is 30.2. The highest BCUT2D eigenvalue weighted by Crippen LogP contribution is 2.33. The topological polar surface area (TPSA) is 99.5 Å². The van der Waals surface area contributed by atoms with Crippen LogP contribution in [0.2, 0.25) is 0 Å². The Hall–Kier alpha value is -4.27. The second-order valence-corrected chi connectivity index (χ2v) is 11.3. The van der Waals surface area contributed by atoms with Crippen molar-refractivity contribution < 1.29 is 14.7 Å². The fourth-order valence-electron chi connectivity index (χ4n) is 5.82. The summed E-state index contributed by atoms with van der Waals surface area (Å²) in [5.74, 6) is -0.386. The zero-order valence-corrected chi connectivity index (χ0v) is 24.9. The van der Waals surface area contributed by atoms with E-state index in [4.69, 9.17) is 0 Å². The number of hydrogen-bond acceptors (Lipinski definition) is 5. The van der Waals surface area contributed by atoms with Gasteiger partial charge >= 0.3 is 0 Å².